The molecular weight excluding hydrogens is 372 g/mol. The Morgan fingerprint density at radius 3 is 2.86 bits per heavy atom. The molecule has 2 amide bonds. The summed E-state index contributed by atoms with van der Waals surface area (Å²) in [7, 11) is 0. The molecule has 5 nitrogen and oxygen atoms in total. The zero-order valence-corrected chi connectivity index (χ0v) is 13.5. The van der Waals surface area contributed by atoms with Crippen LogP contribution in [0.3, 0.4) is 0 Å². The summed E-state index contributed by atoms with van der Waals surface area (Å²) < 4.78 is 6.06. The normalized spacial score (nSPS) is 12.9. The molecule has 0 saturated carbocycles. The molecule has 3 rings (SSSR count). The van der Waals surface area contributed by atoms with E-state index >= 15 is 0 Å². The second-order valence-corrected chi connectivity index (χ2v) is 5.95. The maximum absolute atomic E-state index is 12.2. The number of hydrogen-bond donors (Lipinski definition) is 2. The third-order valence-corrected chi connectivity index (χ3v) is 3.85. The van der Waals surface area contributed by atoms with Gasteiger partial charge in [-0.1, -0.05) is 27.5 Å². The highest BCUT2D eigenvalue weighted by Crippen LogP contribution is 2.31. The molecule has 0 fully saturated rings. The van der Waals surface area contributed by atoms with Crippen LogP contribution in [0.15, 0.2) is 40.9 Å². The van der Waals surface area contributed by atoms with Crippen LogP contribution in [0.5, 0.6) is 5.75 Å². The molecular formula is C15H10BrClN2O3. The van der Waals surface area contributed by atoms with Gasteiger partial charge in [0.05, 0.1) is 16.3 Å². The Labute approximate surface area is 139 Å². The van der Waals surface area contributed by atoms with Crippen LogP contribution in [0, 0.1) is 0 Å². The summed E-state index contributed by atoms with van der Waals surface area (Å²) in [6.07, 6.45) is 0. The number of ether oxygens (including phenoxy) is 1. The number of halogens is 2. The lowest BCUT2D eigenvalue weighted by molar-refractivity contribution is -0.118. The molecule has 7 heteroatoms. The van der Waals surface area contributed by atoms with Gasteiger partial charge in [0.1, 0.15) is 5.75 Å². The number of benzene rings is 2. The van der Waals surface area contributed by atoms with Crippen molar-refractivity contribution in [3.8, 4) is 5.75 Å². The van der Waals surface area contributed by atoms with Crippen LogP contribution in [-0.4, -0.2) is 18.4 Å². The lowest BCUT2D eigenvalue weighted by atomic mass is 10.2. The van der Waals surface area contributed by atoms with E-state index in [4.69, 9.17) is 16.3 Å². The largest absolute Gasteiger partial charge is 0.482 e. The summed E-state index contributed by atoms with van der Waals surface area (Å²) in [6, 6.07) is 10.0. The minimum atomic E-state index is -0.333. The van der Waals surface area contributed by atoms with Crippen LogP contribution >= 0.6 is 27.5 Å². The summed E-state index contributed by atoms with van der Waals surface area (Å²) >= 11 is 9.35. The average molecular weight is 382 g/mol. The first-order chi connectivity index (χ1) is 10.5. The van der Waals surface area contributed by atoms with Crippen LogP contribution in [0.4, 0.5) is 11.4 Å². The van der Waals surface area contributed by atoms with E-state index in [0.717, 1.165) is 4.47 Å². The maximum Gasteiger partial charge on any atom is 0.262 e. The highest BCUT2D eigenvalue weighted by Gasteiger charge is 2.17. The molecule has 0 unspecified atom stereocenters. The molecule has 0 aliphatic carbocycles. The van der Waals surface area contributed by atoms with E-state index in [2.05, 4.69) is 26.6 Å². The van der Waals surface area contributed by atoms with E-state index in [9.17, 15) is 9.59 Å². The van der Waals surface area contributed by atoms with Gasteiger partial charge in [0.25, 0.3) is 11.8 Å². The fourth-order valence-electron chi connectivity index (χ4n) is 2.03. The molecule has 2 aromatic rings. The van der Waals surface area contributed by atoms with Crippen LogP contribution in [-0.2, 0) is 4.79 Å². The smallest absolute Gasteiger partial charge is 0.262 e. The Bertz CT molecular complexity index is 779. The second kappa shape index (κ2) is 5.98. The van der Waals surface area contributed by atoms with Gasteiger partial charge in [-0.3, -0.25) is 9.59 Å². The van der Waals surface area contributed by atoms with Crippen molar-refractivity contribution in [2.75, 3.05) is 17.2 Å². The zero-order valence-electron chi connectivity index (χ0n) is 11.2. The Morgan fingerprint density at radius 1 is 1.27 bits per heavy atom. The van der Waals surface area contributed by atoms with Crippen molar-refractivity contribution in [3.05, 3.63) is 51.5 Å². The molecule has 0 atom stereocenters. The lowest BCUT2D eigenvalue weighted by Crippen LogP contribution is -2.25. The van der Waals surface area contributed by atoms with E-state index in [-0.39, 0.29) is 18.4 Å². The van der Waals surface area contributed by atoms with E-state index in [1.54, 1.807) is 36.4 Å². The van der Waals surface area contributed by atoms with Gasteiger partial charge in [0.15, 0.2) is 6.61 Å². The minimum absolute atomic E-state index is 0.00674. The molecule has 0 radical (unpaired) electrons. The van der Waals surface area contributed by atoms with E-state index in [1.165, 1.54) is 0 Å². The van der Waals surface area contributed by atoms with E-state index in [1.807, 2.05) is 0 Å². The molecule has 22 heavy (non-hydrogen) atoms. The molecule has 0 saturated heterocycles. The average Bonchev–Trinajstić information content (AvgIpc) is 2.46. The predicted octanol–water partition coefficient (Wildman–Crippen LogP) is 3.69. The highest BCUT2D eigenvalue weighted by molar-refractivity contribution is 9.10. The van der Waals surface area contributed by atoms with Gasteiger partial charge in [-0.25, -0.2) is 0 Å². The standard InChI is InChI=1S/C15H10BrClN2O3/c16-8-1-3-10(11(17)5-8)15(21)18-9-2-4-13-12(6-9)19-14(20)7-22-13/h1-6H,7H2,(H,18,21)(H,19,20). The Hall–Kier alpha value is -2.05. The number of carbonyl (C=O) groups excluding carboxylic acids is 2. The molecule has 1 aliphatic rings. The minimum Gasteiger partial charge on any atom is -0.482 e. The van der Waals surface area contributed by atoms with Crippen molar-refractivity contribution in [3.63, 3.8) is 0 Å². The van der Waals surface area contributed by atoms with Gasteiger partial charge >= 0.3 is 0 Å². The quantitative estimate of drug-likeness (QED) is 0.834. The number of hydrogen-bond acceptors (Lipinski definition) is 3. The molecule has 0 aromatic heterocycles. The Kier molecular flexibility index (Phi) is 4.04. The Morgan fingerprint density at radius 2 is 2.09 bits per heavy atom. The number of anilines is 2. The third-order valence-electron chi connectivity index (χ3n) is 3.05. The van der Waals surface area contributed by atoms with Gasteiger partial charge in [0.2, 0.25) is 0 Å². The maximum atomic E-state index is 12.2. The van der Waals surface area contributed by atoms with Crippen molar-refractivity contribution in [1.82, 2.24) is 0 Å². The number of rotatable bonds is 2. The second-order valence-electron chi connectivity index (χ2n) is 4.63. The zero-order chi connectivity index (χ0) is 15.7. The number of amides is 2. The lowest BCUT2D eigenvalue weighted by Gasteiger charge is -2.18. The molecule has 112 valence electrons. The summed E-state index contributed by atoms with van der Waals surface area (Å²) in [5, 5.41) is 5.77. The summed E-state index contributed by atoms with van der Waals surface area (Å²) in [5.74, 6) is 0.00621. The van der Waals surface area contributed by atoms with Crippen LogP contribution < -0.4 is 15.4 Å². The fraction of sp³-hybridized carbons (Fsp3) is 0.0667. The molecule has 0 spiro atoms. The summed E-state index contributed by atoms with van der Waals surface area (Å²) in [4.78, 5) is 23.6. The van der Waals surface area contributed by atoms with Crippen molar-refractivity contribution in [1.29, 1.82) is 0 Å². The highest BCUT2D eigenvalue weighted by atomic mass is 79.9. The monoisotopic (exact) mass is 380 g/mol. The van der Waals surface area contributed by atoms with E-state index < -0.39 is 0 Å². The van der Waals surface area contributed by atoms with Gasteiger partial charge < -0.3 is 15.4 Å². The van der Waals surface area contributed by atoms with Gasteiger partial charge in [-0.15, -0.1) is 0 Å². The van der Waals surface area contributed by atoms with Crippen LogP contribution in [0.25, 0.3) is 0 Å². The SMILES string of the molecule is O=C1COc2ccc(NC(=O)c3ccc(Br)cc3Cl)cc2N1. The molecule has 1 aliphatic heterocycles. The summed E-state index contributed by atoms with van der Waals surface area (Å²) in [5.41, 5.74) is 1.42. The van der Waals surface area contributed by atoms with E-state index in [0.29, 0.717) is 27.7 Å². The number of nitrogens with one attached hydrogen (secondary N) is 2. The van der Waals surface area contributed by atoms with Gasteiger partial charge in [-0.05, 0) is 36.4 Å². The third kappa shape index (κ3) is 3.08. The molecule has 2 N–H and O–H groups in total. The first-order valence-corrected chi connectivity index (χ1v) is 7.53. The topological polar surface area (TPSA) is 67.4 Å². The first-order valence-electron chi connectivity index (χ1n) is 6.36. The number of fused-ring (bicyclic) bond motifs is 1. The van der Waals surface area contributed by atoms with Crippen molar-refractivity contribution in [2.45, 2.75) is 0 Å². The molecule has 2 aromatic carbocycles. The molecule has 1 heterocycles. The Balaban J connectivity index is 1.82. The first kappa shape index (κ1) is 14.9. The molecule has 0 bridgehead atoms. The fourth-order valence-corrected chi connectivity index (χ4v) is 2.79. The van der Waals surface area contributed by atoms with Crippen molar-refractivity contribution in [2.24, 2.45) is 0 Å². The summed E-state index contributed by atoms with van der Waals surface area (Å²) in [6.45, 7) is -0.00674. The van der Waals surface area contributed by atoms with Gasteiger partial charge in [-0.2, -0.15) is 0 Å². The number of carbonyl (C=O) groups is 2. The van der Waals surface area contributed by atoms with Crippen LogP contribution in [0.1, 0.15) is 10.4 Å². The predicted molar refractivity (Wildman–Crippen MR) is 87.7 cm³/mol. The van der Waals surface area contributed by atoms with Crippen LogP contribution in [0.2, 0.25) is 5.02 Å². The van der Waals surface area contributed by atoms with Crippen molar-refractivity contribution >= 4 is 50.7 Å². The van der Waals surface area contributed by atoms with Gasteiger partial charge in [0, 0.05) is 10.2 Å². The van der Waals surface area contributed by atoms with Crippen molar-refractivity contribution < 1.29 is 14.3 Å².